The summed E-state index contributed by atoms with van der Waals surface area (Å²) in [6, 6.07) is 8.64. The summed E-state index contributed by atoms with van der Waals surface area (Å²) in [4.78, 5) is 47.7. The van der Waals surface area contributed by atoms with E-state index in [0.29, 0.717) is 11.4 Å². The highest BCUT2D eigenvalue weighted by molar-refractivity contribution is 8.00. The van der Waals surface area contributed by atoms with Crippen molar-refractivity contribution in [3.8, 4) is 5.75 Å². The molecule has 10 nitrogen and oxygen atoms in total. The largest absolute Gasteiger partial charge is 0.496 e. The van der Waals surface area contributed by atoms with Gasteiger partial charge in [-0.1, -0.05) is 0 Å². The number of anilines is 2. The van der Waals surface area contributed by atoms with Crippen LogP contribution in [0.3, 0.4) is 0 Å². The summed E-state index contributed by atoms with van der Waals surface area (Å²) in [7, 11) is 1.36. The van der Waals surface area contributed by atoms with Gasteiger partial charge in [-0.15, -0.1) is 11.8 Å². The van der Waals surface area contributed by atoms with Gasteiger partial charge >= 0.3 is 5.97 Å². The summed E-state index contributed by atoms with van der Waals surface area (Å²) in [6.45, 7) is 1.35. The van der Waals surface area contributed by atoms with Gasteiger partial charge in [-0.2, -0.15) is 0 Å². The predicted octanol–water partition coefficient (Wildman–Crippen LogP) is 2.83. The molecule has 0 radical (unpaired) electrons. The van der Waals surface area contributed by atoms with E-state index < -0.39 is 22.9 Å². The molecule has 1 aliphatic heterocycles. The molecule has 1 unspecified atom stereocenters. The number of amides is 2. The van der Waals surface area contributed by atoms with Crippen LogP contribution in [-0.2, 0) is 14.3 Å². The lowest BCUT2D eigenvalue weighted by molar-refractivity contribution is -0.384. The first-order chi connectivity index (χ1) is 14.3. The van der Waals surface area contributed by atoms with Crippen molar-refractivity contribution in [1.29, 1.82) is 0 Å². The van der Waals surface area contributed by atoms with Crippen LogP contribution in [0.5, 0.6) is 5.75 Å². The third-order valence-electron chi connectivity index (χ3n) is 4.16. The van der Waals surface area contributed by atoms with Gasteiger partial charge in [0.15, 0.2) is 6.10 Å². The standard InChI is InChI=1S/C19H17N3O7S/c1-10(18(24)21-13-5-4-12(28-2)8-15(13)22(26)27)29-19(25)11-3-6-16-14(7-11)20-17(23)9-30-16/h3-8,10H,9H2,1-2H3,(H,20,23)(H,21,24). The predicted molar refractivity (Wildman–Crippen MR) is 109 cm³/mol. The summed E-state index contributed by atoms with van der Waals surface area (Å²) in [5.74, 6) is -1.12. The molecule has 0 spiro atoms. The smallest absolute Gasteiger partial charge is 0.338 e. The zero-order valence-corrected chi connectivity index (χ0v) is 16.8. The van der Waals surface area contributed by atoms with Crippen molar-refractivity contribution in [3.63, 3.8) is 0 Å². The number of hydrogen-bond acceptors (Lipinski definition) is 8. The highest BCUT2D eigenvalue weighted by Gasteiger charge is 2.24. The molecule has 2 aromatic rings. The minimum absolute atomic E-state index is 0.0535. The number of thioether (sulfide) groups is 1. The van der Waals surface area contributed by atoms with E-state index in [1.807, 2.05) is 0 Å². The highest BCUT2D eigenvalue weighted by atomic mass is 32.2. The Hall–Kier alpha value is -3.60. The van der Waals surface area contributed by atoms with E-state index in [2.05, 4.69) is 10.6 Å². The average molecular weight is 431 g/mol. The molecule has 1 atom stereocenters. The molecule has 0 aliphatic carbocycles. The maximum Gasteiger partial charge on any atom is 0.338 e. The number of methoxy groups -OCH3 is 1. The number of carbonyl (C=O) groups is 3. The SMILES string of the molecule is COc1ccc(NC(=O)C(C)OC(=O)c2ccc3c(c2)NC(=O)CS3)c([N+](=O)[O-])c1. The van der Waals surface area contributed by atoms with Gasteiger partial charge in [0, 0.05) is 4.90 Å². The van der Waals surface area contributed by atoms with E-state index in [9.17, 15) is 24.5 Å². The molecule has 1 heterocycles. The lowest BCUT2D eigenvalue weighted by Gasteiger charge is -2.18. The second-order valence-electron chi connectivity index (χ2n) is 6.22. The lowest BCUT2D eigenvalue weighted by atomic mass is 10.2. The maximum absolute atomic E-state index is 12.4. The number of ether oxygens (including phenoxy) is 2. The average Bonchev–Trinajstić information content (AvgIpc) is 2.73. The third-order valence-corrected chi connectivity index (χ3v) is 5.23. The van der Waals surface area contributed by atoms with E-state index in [-0.39, 0.29) is 28.6 Å². The van der Waals surface area contributed by atoms with Crippen LogP contribution in [-0.4, -0.2) is 41.7 Å². The van der Waals surface area contributed by atoms with Gasteiger partial charge in [0.1, 0.15) is 11.4 Å². The number of benzene rings is 2. The number of hydrogen-bond donors (Lipinski definition) is 2. The third kappa shape index (κ3) is 4.69. The van der Waals surface area contributed by atoms with Crippen LogP contribution in [0.2, 0.25) is 0 Å². The fraction of sp³-hybridized carbons (Fsp3) is 0.211. The first-order valence-electron chi connectivity index (χ1n) is 8.69. The summed E-state index contributed by atoms with van der Waals surface area (Å²) in [5, 5.41) is 16.3. The van der Waals surface area contributed by atoms with E-state index in [0.717, 1.165) is 4.90 Å². The number of nitro groups is 1. The molecule has 0 saturated heterocycles. The molecule has 0 aromatic heterocycles. The minimum atomic E-state index is -1.22. The van der Waals surface area contributed by atoms with Gasteiger partial charge in [-0.05, 0) is 37.3 Å². The number of fused-ring (bicyclic) bond motifs is 1. The van der Waals surface area contributed by atoms with Gasteiger partial charge in [-0.25, -0.2) is 4.79 Å². The van der Waals surface area contributed by atoms with Crippen LogP contribution >= 0.6 is 11.8 Å². The number of nitro benzene ring substituents is 1. The molecule has 2 aromatic carbocycles. The van der Waals surface area contributed by atoms with E-state index in [1.54, 1.807) is 6.07 Å². The minimum Gasteiger partial charge on any atom is -0.496 e. The Kier molecular flexibility index (Phi) is 6.21. The molecular formula is C19H17N3O7S. The van der Waals surface area contributed by atoms with Gasteiger partial charge < -0.3 is 20.1 Å². The molecular weight excluding hydrogens is 414 g/mol. The topological polar surface area (TPSA) is 137 Å². The van der Waals surface area contributed by atoms with Crippen molar-refractivity contribution in [2.24, 2.45) is 0 Å². The lowest BCUT2D eigenvalue weighted by Crippen LogP contribution is -2.30. The summed E-state index contributed by atoms with van der Waals surface area (Å²) >= 11 is 1.35. The Morgan fingerprint density at radius 2 is 2.03 bits per heavy atom. The molecule has 156 valence electrons. The molecule has 0 saturated carbocycles. The van der Waals surface area contributed by atoms with Crippen molar-refractivity contribution in [2.45, 2.75) is 17.9 Å². The van der Waals surface area contributed by atoms with Gasteiger partial charge in [0.25, 0.3) is 11.6 Å². The van der Waals surface area contributed by atoms with Gasteiger partial charge in [0.2, 0.25) is 5.91 Å². The van der Waals surface area contributed by atoms with Crippen LogP contribution in [0.4, 0.5) is 17.1 Å². The van der Waals surface area contributed by atoms with Crippen LogP contribution in [0.1, 0.15) is 17.3 Å². The van der Waals surface area contributed by atoms with E-state index in [1.165, 1.54) is 56.1 Å². The molecule has 0 bridgehead atoms. The summed E-state index contributed by atoms with van der Waals surface area (Å²) < 4.78 is 10.1. The Balaban J connectivity index is 1.69. The number of nitrogens with one attached hydrogen (secondary N) is 2. The summed E-state index contributed by atoms with van der Waals surface area (Å²) in [5.41, 5.74) is 0.245. The van der Waals surface area contributed by atoms with Crippen LogP contribution < -0.4 is 15.4 Å². The van der Waals surface area contributed by atoms with Crippen molar-refractivity contribution in [1.82, 2.24) is 0 Å². The second-order valence-corrected chi connectivity index (χ2v) is 7.24. The Morgan fingerprint density at radius 1 is 1.27 bits per heavy atom. The number of rotatable bonds is 6. The van der Waals surface area contributed by atoms with Crippen molar-refractivity contribution in [2.75, 3.05) is 23.5 Å². The van der Waals surface area contributed by atoms with Crippen molar-refractivity contribution in [3.05, 3.63) is 52.1 Å². The Morgan fingerprint density at radius 3 is 2.73 bits per heavy atom. The molecule has 2 amide bonds. The monoisotopic (exact) mass is 431 g/mol. The second kappa shape index (κ2) is 8.82. The zero-order valence-electron chi connectivity index (χ0n) is 16.0. The molecule has 30 heavy (non-hydrogen) atoms. The molecule has 11 heteroatoms. The van der Waals surface area contributed by atoms with Crippen molar-refractivity contribution < 1.29 is 28.8 Å². The van der Waals surface area contributed by atoms with Crippen LogP contribution in [0.15, 0.2) is 41.3 Å². The normalized spacial score (nSPS) is 13.5. The first-order valence-corrected chi connectivity index (χ1v) is 9.68. The van der Waals surface area contributed by atoms with E-state index >= 15 is 0 Å². The number of carbonyl (C=O) groups excluding carboxylic acids is 3. The quantitative estimate of drug-likeness (QED) is 0.405. The zero-order chi connectivity index (χ0) is 21.8. The fourth-order valence-corrected chi connectivity index (χ4v) is 3.41. The number of nitrogens with zero attached hydrogens (tertiary/aromatic N) is 1. The molecule has 2 N–H and O–H groups in total. The van der Waals surface area contributed by atoms with Crippen LogP contribution in [0.25, 0.3) is 0 Å². The molecule has 3 rings (SSSR count). The first kappa shape index (κ1) is 21.1. The van der Waals surface area contributed by atoms with E-state index in [4.69, 9.17) is 9.47 Å². The fourth-order valence-electron chi connectivity index (χ4n) is 2.62. The number of esters is 1. The van der Waals surface area contributed by atoms with Crippen LogP contribution in [0, 0.1) is 10.1 Å². The maximum atomic E-state index is 12.4. The van der Waals surface area contributed by atoms with Crippen molar-refractivity contribution >= 4 is 46.6 Å². The Bertz CT molecular complexity index is 1040. The van der Waals surface area contributed by atoms with Gasteiger partial charge in [-0.3, -0.25) is 19.7 Å². The molecule has 0 fully saturated rings. The van der Waals surface area contributed by atoms with Gasteiger partial charge in [0.05, 0.1) is 35.1 Å². The molecule has 1 aliphatic rings. The Labute approximate surface area is 175 Å². The summed E-state index contributed by atoms with van der Waals surface area (Å²) in [6.07, 6.45) is -1.22. The highest BCUT2D eigenvalue weighted by Crippen LogP contribution is 2.32.